The number of para-hydroxylation sites is 1. The van der Waals surface area contributed by atoms with Gasteiger partial charge in [0.1, 0.15) is 0 Å². The van der Waals surface area contributed by atoms with Gasteiger partial charge in [-0.2, -0.15) is 4.31 Å². The highest BCUT2D eigenvalue weighted by Crippen LogP contribution is 2.25. The highest BCUT2D eigenvalue weighted by molar-refractivity contribution is 7.89. The summed E-state index contributed by atoms with van der Waals surface area (Å²) in [4.78, 5) is 12.0. The van der Waals surface area contributed by atoms with Gasteiger partial charge < -0.3 is 5.32 Å². The molecule has 0 saturated carbocycles. The van der Waals surface area contributed by atoms with E-state index in [-0.39, 0.29) is 29.8 Å². The lowest BCUT2D eigenvalue weighted by Crippen LogP contribution is -2.41. The number of nitrogens with zero attached hydrogens (tertiary/aromatic N) is 1. The highest BCUT2D eigenvalue weighted by atomic mass is 32.2. The van der Waals surface area contributed by atoms with Crippen LogP contribution in [-0.2, 0) is 14.8 Å². The number of nitrogens with one attached hydrogen (secondary N) is 1. The molecule has 0 spiro atoms. The molecule has 1 aliphatic heterocycles. The lowest BCUT2D eigenvalue weighted by atomic mass is 9.97. The van der Waals surface area contributed by atoms with Crippen molar-refractivity contribution < 1.29 is 22.0 Å². The number of piperidine rings is 1. The van der Waals surface area contributed by atoms with Gasteiger partial charge in [-0.1, -0.05) is 18.2 Å². The Morgan fingerprint density at radius 3 is 2.27 bits per heavy atom. The van der Waals surface area contributed by atoms with Crippen molar-refractivity contribution in [2.24, 2.45) is 5.92 Å². The molecule has 2 aromatic carbocycles. The van der Waals surface area contributed by atoms with E-state index < -0.39 is 21.7 Å². The summed E-state index contributed by atoms with van der Waals surface area (Å²) < 4.78 is 52.7. The van der Waals surface area contributed by atoms with Crippen LogP contribution < -0.4 is 5.32 Å². The maximum atomic E-state index is 13.3. The topological polar surface area (TPSA) is 66.5 Å². The van der Waals surface area contributed by atoms with Crippen LogP contribution in [0.3, 0.4) is 0 Å². The normalized spacial score (nSPS) is 16.4. The smallest absolute Gasteiger partial charge is 0.243 e. The Bertz CT molecular complexity index is 896. The maximum Gasteiger partial charge on any atom is 0.243 e. The zero-order chi connectivity index (χ0) is 18.7. The van der Waals surface area contributed by atoms with Crippen LogP contribution in [0, 0.1) is 17.6 Å². The first-order valence-electron chi connectivity index (χ1n) is 8.19. The van der Waals surface area contributed by atoms with E-state index in [9.17, 15) is 22.0 Å². The average Bonchev–Trinajstić information content (AvgIpc) is 2.65. The van der Waals surface area contributed by atoms with Gasteiger partial charge in [0, 0.05) is 24.7 Å². The predicted molar refractivity (Wildman–Crippen MR) is 92.9 cm³/mol. The summed E-state index contributed by atoms with van der Waals surface area (Å²) in [6.45, 7) is 0.294. The van der Waals surface area contributed by atoms with Crippen molar-refractivity contribution >= 4 is 21.6 Å². The van der Waals surface area contributed by atoms with Gasteiger partial charge in [0.05, 0.1) is 4.90 Å². The van der Waals surface area contributed by atoms with Crippen LogP contribution >= 0.6 is 0 Å². The molecule has 26 heavy (non-hydrogen) atoms. The molecule has 0 aromatic heterocycles. The van der Waals surface area contributed by atoms with Crippen LogP contribution in [0.15, 0.2) is 53.4 Å². The van der Waals surface area contributed by atoms with Gasteiger partial charge in [-0.25, -0.2) is 17.2 Å². The standard InChI is InChI=1S/C18H18F2N2O3S/c19-16-7-6-15(12-17(16)20)26(24,25)22-10-8-13(9-11-22)18(23)21-14-4-2-1-3-5-14/h1-7,12-13H,8-11H2,(H,21,23). The molecule has 2 aromatic rings. The van der Waals surface area contributed by atoms with Crippen LogP contribution in [0.1, 0.15) is 12.8 Å². The van der Waals surface area contributed by atoms with Crippen molar-refractivity contribution in [2.45, 2.75) is 17.7 Å². The molecular formula is C18H18F2N2O3S. The molecule has 5 nitrogen and oxygen atoms in total. The minimum atomic E-state index is -3.91. The summed E-state index contributed by atoms with van der Waals surface area (Å²) >= 11 is 0. The molecule has 1 fully saturated rings. The first kappa shape index (κ1) is 18.5. The summed E-state index contributed by atoms with van der Waals surface area (Å²) in [7, 11) is -3.91. The fraction of sp³-hybridized carbons (Fsp3) is 0.278. The van der Waals surface area contributed by atoms with Gasteiger partial charge in [0.15, 0.2) is 11.6 Å². The number of halogens is 2. The monoisotopic (exact) mass is 380 g/mol. The van der Waals surface area contributed by atoms with E-state index in [0.717, 1.165) is 12.1 Å². The summed E-state index contributed by atoms with van der Waals surface area (Å²) in [5.41, 5.74) is 0.689. The average molecular weight is 380 g/mol. The predicted octanol–water partition coefficient (Wildman–Crippen LogP) is 3.00. The first-order chi connectivity index (χ1) is 12.4. The second-order valence-electron chi connectivity index (χ2n) is 6.11. The number of hydrogen-bond donors (Lipinski definition) is 1. The number of sulfonamides is 1. The number of benzene rings is 2. The van der Waals surface area contributed by atoms with Crippen LogP contribution in [0.2, 0.25) is 0 Å². The Kier molecular flexibility index (Phi) is 5.33. The van der Waals surface area contributed by atoms with E-state index in [1.807, 2.05) is 18.2 Å². The van der Waals surface area contributed by atoms with Crippen LogP contribution in [0.4, 0.5) is 14.5 Å². The summed E-state index contributed by atoms with van der Waals surface area (Å²) in [5, 5.41) is 2.81. The molecule has 0 unspecified atom stereocenters. The Morgan fingerprint density at radius 2 is 1.65 bits per heavy atom. The lowest BCUT2D eigenvalue weighted by Gasteiger charge is -2.30. The summed E-state index contributed by atoms with van der Waals surface area (Å²) in [5.74, 6) is -2.75. The van der Waals surface area contributed by atoms with E-state index in [2.05, 4.69) is 5.32 Å². The molecule has 0 aliphatic carbocycles. The number of hydrogen-bond acceptors (Lipinski definition) is 3. The highest BCUT2D eigenvalue weighted by Gasteiger charge is 2.32. The number of carbonyl (C=O) groups is 1. The zero-order valence-corrected chi connectivity index (χ0v) is 14.7. The Morgan fingerprint density at radius 1 is 1.00 bits per heavy atom. The molecule has 138 valence electrons. The van der Waals surface area contributed by atoms with Crippen molar-refractivity contribution in [1.82, 2.24) is 4.31 Å². The van der Waals surface area contributed by atoms with Crippen LogP contribution in [0.5, 0.6) is 0 Å². The van der Waals surface area contributed by atoms with E-state index in [1.165, 1.54) is 4.31 Å². The van der Waals surface area contributed by atoms with Crippen molar-refractivity contribution in [3.8, 4) is 0 Å². The van der Waals surface area contributed by atoms with Crippen LogP contribution in [0.25, 0.3) is 0 Å². The maximum absolute atomic E-state index is 13.3. The minimum Gasteiger partial charge on any atom is -0.326 e. The van der Waals surface area contributed by atoms with Gasteiger partial charge in [-0.05, 0) is 43.2 Å². The summed E-state index contributed by atoms with van der Waals surface area (Å²) in [6.07, 6.45) is 0.725. The van der Waals surface area contributed by atoms with Gasteiger partial charge in [-0.3, -0.25) is 4.79 Å². The van der Waals surface area contributed by atoms with E-state index in [0.29, 0.717) is 24.6 Å². The quantitative estimate of drug-likeness (QED) is 0.887. The minimum absolute atomic E-state index is 0.147. The SMILES string of the molecule is O=C(Nc1ccccc1)C1CCN(S(=O)(=O)c2ccc(F)c(F)c2)CC1. The van der Waals surface area contributed by atoms with Gasteiger partial charge in [-0.15, -0.1) is 0 Å². The number of amides is 1. The van der Waals surface area contributed by atoms with Crippen molar-refractivity contribution in [3.63, 3.8) is 0 Å². The number of rotatable bonds is 4. The number of anilines is 1. The third-order valence-corrected chi connectivity index (χ3v) is 6.29. The van der Waals surface area contributed by atoms with Crippen molar-refractivity contribution in [1.29, 1.82) is 0 Å². The molecular weight excluding hydrogens is 362 g/mol. The molecule has 1 N–H and O–H groups in total. The Balaban J connectivity index is 1.64. The first-order valence-corrected chi connectivity index (χ1v) is 9.63. The molecule has 8 heteroatoms. The molecule has 3 rings (SSSR count). The molecule has 0 atom stereocenters. The molecule has 1 amide bonds. The molecule has 0 radical (unpaired) electrons. The Hall–Kier alpha value is -2.32. The van der Waals surface area contributed by atoms with Gasteiger partial charge in [0.2, 0.25) is 15.9 Å². The van der Waals surface area contributed by atoms with E-state index in [4.69, 9.17) is 0 Å². The summed E-state index contributed by atoms with van der Waals surface area (Å²) in [6, 6.07) is 11.5. The van der Waals surface area contributed by atoms with Crippen LogP contribution in [-0.4, -0.2) is 31.7 Å². The molecule has 0 bridgehead atoms. The lowest BCUT2D eigenvalue weighted by molar-refractivity contribution is -0.120. The fourth-order valence-electron chi connectivity index (χ4n) is 2.91. The van der Waals surface area contributed by atoms with Gasteiger partial charge in [0.25, 0.3) is 0 Å². The largest absolute Gasteiger partial charge is 0.326 e. The zero-order valence-electron chi connectivity index (χ0n) is 13.9. The second kappa shape index (κ2) is 7.51. The second-order valence-corrected chi connectivity index (χ2v) is 8.05. The third kappa shape index (κ3) is 3.91. The van der Waals surface area contributed by atoms with Gasteiger partial charge >= 0.3 is 0 Å². The fourth-order valence-corrected chi connectivity index (χ4v) is 4.39. The van der Waals surface area contributed by atoms with Crippen molar-refractivity contribution in [3.05, 3.63) is 60.2 Å². The van der Waals surface area contributed by atoms with E-state index >= 15 is 0 Å². The Labute approximate surface area is 150 Å². The molecule has 1 heterocycles. The molecule has 1 aliphatic rings. The van der Waals surface area contributed by atoms with Crippen molar-refractivity contribution in [2.75, 3.05) is 18.4 Å². The molecule has 1 saturated heterocycles. The van der Waals surface area contributed by atoms with E-state index in [1.54, 1.807) is 12.1 Å². The third-order valence-electron chi connectivity index (χ3n) is 4.39. The number of carbonyl (C=O) groups excluding carboxylic acids is 1.